The lowest BCUT2D eigenvalue weighted by molar-refractivity contribution is -0.113. The molecule has 0 radical (unpaired) electrons. The van der Waals surface area contributed by atoms with Gasteiger partial charge in [-0.25, -0.2) is 4.98 Å². The quantitative estimate of drug-likeness (QED) is 0.353. The van der Waals surface area contributed by atoms with Gasteiger partial charge in [-0.15, -0.1) is 0 Å². The van der Waals surface area contributed by atoms with Crippen molar-refractivity contribution in [2.75, 3.05) is 19.6 Å². The smallest absolute Gasteiger partial charge is 0.280 e. The highest BCUT2D eigenvalue weighted by molar-refractivity contribution is 6.06. The lowest BCUT2D eigenvalue weighted by Gasteiger charge is -2.15. The predicted molar refractivity (Wildman–Crippen MR) is 129 cm³/mol. The first-order valence-electron chi connectivity index (χ1n) is 10.3. The molecule has 1 aromatic heterocycles. The van der Waals surface area contributed by atoms with Gasteiger partial charge in [0.05, 0.1) is 25.1 Å². The number of methoxy groups -OCH3 is 2. The third-order valence-electron chi connectivity index (χ3n) is 5.11. The van der Waals surface area contributed by atoms with E-state index in [-0.39, 0.29) is 11.4 Å². The van der Waals surface area contributed by atoms with Crippen molar-refractivity contribution < 1.29 is 14.3 Å². The van der Waals surface area contributed by atoms with E-state index < -0.39 is 11.5 Å². The molecule has 168 valence electrons. The van der Waals surface area contributed by atoms with E-state index in [1.165, 1.54) is 13.2 Å². The highest BCUT2D eigenvalue weighted by Crippen LogP contribution is 2.23. The van der Waals surface area contributed by atoms with Crippen LogP contribution in [0.2, 0.25) is 0 Å². The van der Waals surface area contributed by atoms with Crippen molar-refractivity contribution in [3.05, 3.63) is 94.3 Å². The molecule has 8 heteroatoms. The normalized spacial score (nSPS) is 11.0. The Morgan fingerprint density at radius 2 is 1.74 bits per heavy atom. The van der Waals surface area contributed by atoms with Crippen LogP contribution in [0.25, 0.3) is 28.4 Å². The number of nitriles is 1. The fourth-order valence-electron chi connectivity index (χ4n) is 3.37. The van der Waals surface area contributed by atoms with Crippen LogP contribution < -0.4 is 20.5 Å². The van der Waals surface area contributed by atoms with Gasteiger partial charge in [-0.2, -0.15) is 9.94 Å². The van der Waals surface area contributed by atoms with E-state index >= 15 is 0 Å². The van der Waals surface area contributed by atoms with Crippen molar-refractivity contribution in [1.82, 2.24) is 9.66 Å². The molecule has 3 aromatic carbocycles. The fourth-order valence-corrected chi connectivity index (χ4v) is 3.37. The zero-order chi connectivity index (χ0) is 24.1. The van der Waals surface area contributed by atoms with Crippen LogP contribution in [-0.4, -0.2) is 29.8 Å². The highest BCUT2D eigenvalue weighted by atomic mass is 16.5. The van der Waals surface area contributed by atoms with Crippen molar-refractivity contribution in [2.24, 2.45) is 0 Å². The number of carbonyl (C=O) groups is 1. The van der Waals surface area contributed by atoms with E-state index in [0.717, 1.165) is 4.68 Å². The number of rotatable bonds is 6. The molecule has 0 bridgehead atoms. The Morgan fingerprint density at radius 1 is 1.00 bits per heavy atom. The highest BCUT2D eigenvalue weighted by Gasteiger charge is 2.17. The minimum atomic E-state index is -0.748. The first-order valence-corrected chi connectivity index (χ1v) is 10.3. The molecule has 1 N–H and O–H groups in total. The minimum absolute atomic E-state index is 0.179. The number of nitrogens with zero attached hydrogens (tertiary/aromatic N) is 3. The van der Waals surface area contributed by atoms with Crippen LogP contribution in [0.3, 0.4) is 0 Å². The van der Waals surface area contributed by atoms with Crippen LogP contribution in [0.5, 0.6) is 11.5 Å². The maximum absolute atomic E-state index is 13.3. The molecule has 1 heterocycles. The van der Waals surface area contributed by atoms with Gasteiger partial charge in [-0.05, 0) is 48.0 Å². The summed E-state index contributed by atoms with van der Waals surface area (Å²) in [5, 5.41) is 9.93. The Morgan fingerprint density at radius 3 is 2.44 bits per heavy atom. The predicted octanol–water partition coefficient (Wildman–Crippen LogP) is 3.76. The van der Waals surface area contributed by atoms with E-state index in [4.69, 9.17) is 9.47 Å². The van der Waals surface area contributed by atoms with Gasteiger partial charge in [0.15, 0.2) is 5.82 Å². The van der Waals surface area contributed by atoms with Crippen LogP contribution in [0.4, 0.5) is 0 Å². The number of ether oxygens (including phenoxy) is 2. The van der Waals surface area contributed by atoms with Crippen molar-refractivity contribution in [1.29, 1.82) is 5.26 Å². The number of benzene rings is 3. The molecule has 0 fully saturated rings. The summed E-state index contributed by atoms with van der Waals surface area (Å²) < 4.78 is 11.5. The number of aromatic nitrogens is 2. The third-order valence-corrected chi connectivity index (χ3v) is 5.11. The van der Waals surface area contributed by atoms with Crippen LogP contribution in [0.1, 0.15) is 5.56 Å². The molecule has 0 saturated heterocycles. The molecule has 0 saturated carbocycles. The Kier molecular flexibility index (Phi) is 6.37. The van der Waals surface area contributed by atoms with E-state index in [9.17, 15) is 14.9 Å². The topological polar surface area (TPSA) is 106 Å². The molecule has 0 atom stereocenters. The average Bonchev–Trinajstić information content (AvgIpc) is 2.89. The molecule has 4 rings (SSSR count). The Bertz CT molecular complexity index is 1500. The van der Waals surface area contributed by atoms with Gasteiger partial charge in [-0.3, -0.25) is 15.0 Å². The second kappa shape index (κ2) is 9.71. The van der Waals surface area contributed by atoms with Gasteiger partial charge in [0.1, 0.15) is 23.1 Å². The Hall–Kier alpha value is -4.90. The van der Waals surface area contributed by atoms with Crippen molar-refractivity contribution in [2.45, 2.75) is 0 Å². The minimum Gasteiger partial charge on any atom is -0.497 e. The lowest BCUT2D eigenvalue weighted by Crippen LogP contribution is -2.35. The molecule has 0 aliphatic rings. The van der Waals surface area contributed by atoms with Gasteiger partial charge < -0.3 is 9.47 Å². The molecule has 34 heavy (non-hydrogen) atoms. The van der Waals surface area contributed by atoms with Crippen molar-refractivity contribution >= 4 is 22.9 Å². The molecule has 0 unspecified atom stereocenters. The Labute approximate surface area is 195 Å². The largest absolute Gasteiger partial charge is 0.497 e. The maximum Gasteiger partial charge on any atom is 0.280 e. The summed E-state index contributed by atoms with van der Waals surface area (Å²) in [5.41, 5.74) is 3.56. The number of para-hydroxylation sites is 1. The van der Waals surface area contributed by atoms with E-state index in [1.807, 2.05) is 6.07 Å². The standard InChI is InChI=1S/C26H20N4O4/c1-33-20-12-10-17(11-13-20)14-19(16-27)25(31)29-30-24(18-6-5-7-21(15-18)34-2)28-23-9-4-3-8-22(23)26(30)32/h3-15H,1-2H3,(H,29,31)/b19-14+. The Balaban J connectivity index is 1.80. The number of hydrogen-bond donors (Lipinski definition) is 1. The molecule has 4 aromatic rings. The van der Waals surface area contributed by atoms with E-state index in [2.05, 4.69) is 10.4 Å². The number of carbonyl (C=O) groups excluding carboxylic acids is 1. The number of hydrogen-bond acceptors (Lipinski definition) is 6. The zero-order valence-corrected chi connectivity index (χ0v) is 18.5. The van der Waals surface area contributed by atoms with Crippen LogP contribution in [-0.2, 0) is 4.79 Å². The van der Waals surface area contributed by atoms with Crippen molar-refractivity contribution in [3.8, 4) is 29.0 Å². The van der Waals surface area contributed by atoms with Gasteiger partial charge in [0.25, 0.3) is 11.5 Å². The SMILES string of the molecule is COc1ccc(/C=C(\C#N)C(=O)Nn2c(-c3cccc(OC)c3)nc3ccccc3c2=O)cc1. The van der Waals surface area contributed by atoms with Gasteiger partial charge in [-0.1, -0.05) is 36.4 Å². The summed E-state index contributed by atoms with van der Waals surface area (Å²) in [4.78, 5) is 30.9. The van der Waals surface area contributed by atoms with Crippen molar-refractivity contribution in [3.63, 3.8) is 0 Å². The summed E-state index contributed by atoms with van der Waals surface area (Å²) in [6, 6.07) is 22.6. The number of nitrogens with one attached hydrogen (secondary N) is 1. The van der Waals surface area contributed by atoms with Crippen LogP contribution in [0, 0.1) is 11.3 Å². The summed E-state index contributed by atoms with van der Waals surface area (Å²) in [5.74, 6) is 0.672. The summed E-state index contributed by atoms with van der Waals surface area (Å²) in [7, 11) is 3.08. The molecule has 0 aliphatic heterocycles. The maximum atomic E-state index is 13.3. The second-order valence-corrected chi connectivity index (χ2v) is 7.21. The second-order valence-electron chi connectivity index (χ2n) is 7.21. The van der Waals surface area contributed by atoms with E-state index in [0.29, 0.717) is 33.5 Å². The van der Waals surface area contributed by atoms with Crippen LogP contribution >= 0.6 is 0 Å². The van der Waals surface area contributed by atoms with Gasteiger partial charge in [0.2, 0.25) is 0 Å². The first-order chi connectivity index (χ1) is 16.5. The summed E-state index contributed by atoms with van der Waals surface area (Å²) >= 11 is 0. The lowest BCUT2D eigenvalue weighted by atomic mass is 10.1. The van der Waals surface area contributed by atoms with Gasteiger partial charge >= 0.3 is 0 Å². The monoisotopic (exact) mass is 452 g/mol. The molecule has 0 aliphatic carbocycles. The van der Waals surface area contributed by atoms with Gasteiger partial charge in [0, 0.05) is 5.56 Å². The first kappa shape index (κ1) is 22.3. The number of amides is 1. The molecule has 0 spiro atoms. The van der Waals surface area contributed by atoms with Crippen LogP contribution in [0.15, 0.2) is 83.2 Å². The molecular weight excluding hydrogens is 432 g/mol. The zero-order valence-electron chi connectivity index (χ0n) is 18.5. The third kappa shape index (κ3) is 4.49. The molecular formula is C26H20N4O4. The molecule has 8 nitrogen and oxygen atoms in total. The average molecular weight is 452 g/mol. The molecule has 1 amide bonds. The summed E-state index contributed by atoms with van der Waals surface area (Å²) in [6.45, 7) is 0. The number of fused-ring (bicyclic) bond motifs is 1. The van der Waals surface area contributed by atoms with E-state index in [1.54, 1.807) is 79.9 Å². The summed E-state index contributed by atoms with van der Waals surface area (Å²) in [6.07, 6.45) is 1.43. The fraction of sp³-hybridized carbons (Fsp3) is 0.0769.